The first kappa shape index (κ1) is 14.0. The average molecular weight is 295 g/mol. The van der Waals surface area contributed by atoms with Crippen molar-refractivity contribution in [3.05, 3.63) is 72.2 Å². The summed E-state index contributed by atoms with van der Waals surface area (Å²) in [5.41, 5.74) is 1.57. The molecule has 0 atom stereocenters. The van der Waals surface area contributed by atoms with Gasteiger partial charge in [-0.3, -0.25) is 4.79 Å². The topological polar surface area (TPSA) is 46.9 Å². The van der Waals surface area contributed by atoms with Crippen molar-refractivity contribution in [2.45, 2.75) is 0 Å². The number of nitrogens with one attached hydrogen (secondary N) is 1. The number of halogens is 1. The number of benzene rings is 2. The minimum absolute atomic E-state index is 0.0578. The number of anilines is 1. The van der Waals surface area contributed by atoms with E-state index < -0.39 is 11.9 Å². The third kappa shape index (κ3) is 2.61. The molecule has 1 amide bonds. The Bertz CT molecular complexity index is 798. The Labute approximate surface area is 127 Å². The maximum atomic E-state index is 14.3. The van der Waals surface area contributed by atoms with Crippen molar-refractivity contribution in [3.63, 3.8) is 0 Å². The lowest BCUT2D eigenvalue weighted by Crippen LogP contribution is -2.14. The molecular weight excluding hydrogens is 281 g/mol. The van der Waals surface area contributed by atoms with Crippen molar-refractivity contribution in [1.29, 1.82) is 0 Å². The van der Waals surface area contributed by atoms with Gasteiger partial charge in [0.05, 0.1) is 0 Å². The maximum Gasteiger partial charge on any atom is 0.262 e. The lowest BCUT2D eigenvalue weighted by Gasteiger charge is -2.05. The highest BCUT2D eigenvalue weighted by atomic mass is 19.1. The fraction of sp³-hybridized carbons (Fsp3) is 0.0588. The van der Waals surface area contributed by atoms with Gasteiger partial charge in [-0.05, 0) is 12.1 Å². The molecule has 0 spiro atoms. The van der Waals surface area contributed by atoms with E-state index >= 15 is 0 Å². The van der Waals surface area contributed by atoms with E-state index in [1.165, 1.54) is 7.05 Å². The van der Waals surface area contributed by atoms with Gasteiger partial charge in [0.1, 0.15) is 11.3 Å². The monoisotopic (exact) mass is 295 g/mol. The summed E-state index contributed by atoms with van der Waals surface area (Å²) < 4.78 is 15.4. The molecule has 0 bridgehead atoms. The number of aromatic nitrogens is 2. The van der Waals surface area contributed by atoms with E-state index in [2.05, 4.69) is 10.4 Å². The van der Waals surface area contributed by atoms with Gasteiger partial charge in [-0.2, -0.15) is 9.49 Å². The quantitative estimate of drug-likeness (QED) is 0.804. The molecule has 2 aromatic carbocycles. The second-order valence-electron chi connectivity index (χ2n) is 4.82. The number of amides is 1. The predicted molar refractivity (Wildman–Crippen MR) is 83.0 cm³/mol. The van der Waals surface area contributed by atoms with Gasteiger partial charge < -0.3 is 5.32 Å². The minimum Gasteiger partial charge on any atom is -0.322 e. The second kappa shape index (κ2) is 5.81. The van der Waals surface area contributed by atoms with Crippen LogP contribution in [0.4, 0.5) is 10.1 Å². The molecule has 0 aliphatic heterocycles. The van der Waals surface area contributed by atoms with Crippen molar-refractivity contribution < 1.29 is 9.18 Å². The Kier molecular flexibility index (Phi) is 3.70. The first-order valence-corrected chi connectivity index (χ1v) is 6.81. The number of carbonyl (C=O) groups excluding carboxylic acids is 1. The summed E-state index contributed by atoms with van der Waals surface area (Å²) in [6.45, 7) is 0. The van der Waals surface area contributed by atoms with Gasteiger partial charge in [-0.15, -0.1) is 0 Å². The molecule has 4 nitrogen and oxygen atoms in total. The van der Waals surface area contributed by atoms with Crippen molar-refractivity contribution >= 4 is 11.6 Å². The normalized spacial score (nSPS) is 10.5. The van der Waals surface area contributed by atoms with Gasteiger partial charge >= 0.3 is 0 Å². The van der Waals surface area contributed by atoms with E-state index in [4.69, 9.17) is 0 Å². The van der Waals surface area contributed by atoms with Gasteiger partial charge in [-0.1, -0.05) is 48.5 Å². The second-order valence-corrected chi connectivity index (χ2v) is 4.82. The molecule has 0 aliphatic rings. The summed E-state index contributed by atoms with van der Waals surface area (Å²) in [5.74, 6) is -1.18. The summed E-state index contributed by atoms with van der Waals surface area (Å²) >= 11 is 0. The Morgan fingerprint density at radius 1 is 1.05 bits per heavy atom. The molecule has 1 heterocycles. The molecule has 0 fully saturated rings. The Morgan fingerprint density at radius 3 is 2.27 bits per heavy atom. The van der Waals surface area contributed by atoms with Crippen LogP contribution in [0.2, 0.25) is 0 Å². The van der Waals surface area contributed by atoms with Crippen LogP contribution in [0, 0.1) is 5.95 Å². The molecule has 1 aromatic heterocycles. The molecule has 5 heteroatoms. The Balaban J connectivity index is 2.01. The zero-order chi connectivity index (χ0) is 15.5. The largest absolute Gasteiger partial charge is 0.322 e. The minimum atomic E-state index is -0.660. The predicted octanol–water partition coefficient (Wildman–Crippen LogP) is 3.48. The number of para-hydroxylation sites is 1. The third-order valence-corrected chi connectivity index (χ3v) is 3.28. The summed E-state index contributed by atoms with van der Waals surface area (Å²) in [7, 11) is 1.47. The van der Waals surface area contributed by atoms with Gasteiger partial charge in [0.15, 0.2) is 0 Å². The van der Waals surface area contributed by atoms with Gasteiger partial charge in [-0.25, -0.2) is 4.68 Å². The van der Waals surface area contributed by atoms with Crippen LogP contribution >= 0.6 is 0 Å². The van der Waals surface area contributed by atoms with Crippen LogP contribution < -0.4 is 5.32 Å². The molecule has 0 radical (unpaired) electrons. The van der Waals surface area contributed by atoms with Crippen molar-refractivity contribution in [3.8, 4) is 11.3 Å². The van der Waals surface area contributed by atoms with E-state index in [9.17, 15) is 9.18 Å². The van der Waals surface area contributed by atoms with Crippen LogP contribution in [-0.4, -0.2) is 15.7 Å². The molecule has 110 valence electrons. The van der Waals surface area contributed by atoms with E-state index in [1.54, 1.807) is 36.4 Å². The van der Waals surface area contributed by atoms with E-state index in [-0.39, 0.29) is 5.56 Å². The highest BCUT2D eigenvalue weighted by Crippen LogP contribution is 2.25. The number of rotatable bonds is 3. The smallest absolute Gasteiger partial charge is 0.262 e. The first-order chi connectivity index (χ1) is 10.7. The zero-order valence-corrected chi connectivity index (χ0v) is 12.0. The Morgan fingerprint density at radius 2 is 1.64 bits per heavy atom. The lowest BCUT2D eigenvalue weighted by atomic mass is 10.1. The highest BCUT2D eigenvalue weighted by molar-refractivity contribution is 6.08. The van der Waals surface area contributed by atoms with Crippen LogP contribution in [0.5, 0.6) is 0 Å². The molecule has 22 heavy (non-hydrogen) atoms. The van der Waals surface area contributed by atoms with Gasteiger partial charge in [0, 0.05) is 18.3 Å². The van der Waals surface area contributed by atoms with Gasteiger partial charge in [0.2, 0.25) is 5.95 Å². The fourth-order valence-electron chi connectivity index (χ4n) is 2.22. The molecule has 0 unspecified atom stereocenters. The molecule has 0 saturated heterocycles. The van der Waals surface area contributed by atoms with Crippen LogP contribution in [0.15, 0.2) is 60.7 Å². The van der Waals surface area contributed by atoms with E-state index in [0.717, 1.165) is 4.68 Å². The lowest BCUT2D eigenvalue weighted by molar-refractivity contribution is 0.102. The number of nitrogens with zero attached hydrogens (tertiary/aromatic N) is 2. The van der Waals surface area contributed by atoms with Crippen LogP contribution in [0.1, 0.15) is 10.4 Å². The third-order valence-electron chi connectivity index (χ3n) is 3.28. The van der Waals surface area contributed by atoms with Crippen molar-refractivity contribution in [2.75, 3.05) is 5.32 Å². The summed E-state index contributed by atoms with van der Waals surface area (Å²) in [6.07, 6.45) is 0. The summed E-state index contributed by atoms with van der Waals surface area (Å²) in [5, 5.41) is 6.81. The molecular formula is C17H14FN3O. The van der Waals surface area contributed by atoms with Gasteiger partial charge in [0.25, 0.3) is 5.91 Å². The fourth-order valence-corrected chi connectivity index (χ4v) is 2.22. The van der Waals surface area contributed by atoms with Crippen molar-refractivity contribution in [1.82, 2.24) is 9.78 Å². The number of hydrogen-bond donors (Lipinski definition) is 1. The number of hydrogen-bond acceptors (Lipinski definition) is 2. The number of aryl methyl sites for hydroxylation is 1. The maximum absolute atomic E-state index is 14.3. The number of carbonyl (C=O) groups is 1. The SMILES string of the molecule is Cn1nc(-c2ccccc2)c(C(=O)Nc2ccccc2)c1F. The average Bonchev–Trinajstić information content (AvgIpc) is 2.85. The van der Waals surface area contributed by atoms with Crippen LogP contribution in [-0.2, 0) is 7.05 Å². The molecule has 0 aliphatic carbocycles. The summed E-state index contributed by atoms with van der Waals surface area (Å²) in [4.78, 5) is 12.4. The van der Waals surface area contributed by atoms with Crippen LogP contribution in [0.3, 0.4) is 0 Å². The molecule has 0 saturated carbocycles. The van der Waals surface area contributed by atoms with Crippen molar-refractivity contribution in [2.24, 2.45) is 7.05 Å². The molecule has 1 N–H and O–H groups in total. The van der Waals surface area contributed by atoms with Crippen LogP contribution in [0.25, 0.3) is 11.3 Å². The summed E-state index contributed by atoms with van der Waals surface area (Å²) in [6, 6.07) is 18.0. The Hall–Kier alpha value is -2.95. The highest BCUT2D eigenvalue weighted by Gasteiger charge is 2.24. The standard InChI is InChI=1S/C17H14FN3O/c1-21-16(18)14(15(20-21)12-8-4-2-5-9-12)17(22)19-13-10-6-3-7-11-13/h2-11H,1H3,(H,19,22). The zero-order valence-electron chi connectivity index (χ0n) is 12.0. The first-order valence-electron chi connectivity index (χ1n) is 6.81. The van der Waals surface area contributed by atoms with E-state index in [0.29, 0.717) is 16.9 Å². The molecule has 3 aromatic rings. The molecule has 3 rings (SSSR count). The van der Waals surface area contributed by atoms with E-state index in [1.807, 2.05) is 24.3 Å².